The lowest BCUT2D eigenvalue weighted by Gasteiger charge is -2.19. The fourth-order valence-electron chi connectivity index (χ4n) is 2.09. The molecule has 5 nitrogen and oxygen atoms in total. The summed E-state index contributed by atoms with van der Waals surface area (Å²) >= 11 is 7.70. The lowest BCUT2D eigenvalue weighted by atomic mass is 10.1. The predicted molar refractivity (Wildman–Crippen MR) is 87.0 cm³/mol. The van der Waals surface area contributed by atoms with Crippen molar-refractivity contribution in [3.63, 3.8) is 0 Å². The molecule has 0 bridgehead atoms. The average Bonchev–Trinajstić information content (AvgIpc) is 3.02. The highest BCUT2D eigenvalue weighted by molar-refractivity contribution is 7.08. The van der Waals surface area contributed by atoms with Gasteiger partial charge in [-0.25, -0.2) is 14.6 Å². The van der Waals surface area contributed by atoms with E-state index in [-0.39, 0.29) is 5.54 Å². The van der Waals surface area contributed by atoms with E-state index < -0.39 is 0 Å². The van der Waals surface area contributed by atoms with Gasteiger partial charge in [0.15, 0.2) is 5.65 Å². The molecule has 3 aromatic rings. The number of hydrogen-bond donors (Lipinski definition) is 1. The van der Waals surface area contributed by atoms with E-state index in [9.17, 15) is 0 Å². The number of nitrogens with one attached hydrogen (secondary N) is 1. The summed E-state index contributed by atoms with van der Waals surface area (Å²) in [5.74, 6) is 0.776. The molecule has 7 heteroatoms. The van der Waals surface area contributed by atoms with Crippen LogP contribution in [-0.4, -0.2) is 19.7 Å². The molecule has 0 spiro atoms. The predicted octanol–water partition coefficient (Wildman–Crippen LogP) is 3.91. The Morgan fingerprint density at radius 1 is 1.29 bits per heavy atom. The molecule has 0 saturated carbocycles. The maximum Gasteiger partial charge on any atom is 0.163 e. The number of aromatic nitrogens is 4. The van der Waals surface area contributed by atoms with E-state index in [4.69, 9.17) is 11.6 Å². The number of rotatable bonds is 3. The molecule has 21 heavy (non-hydrogen) atoms. The van der Waals surface area contributed by atoms with Gasteiger partial charge in [-0.3, -0.25) is 0 Å². The van der Waals surface area contributed by atoms with E-state index >= 15 is 0 Å². The lowest BCUT2D eigenvalue weighted by Crippen LogP contribution is -2.23. The van der Waals surface area contributed by atoms with Crippen LogP contribution in [0.2, 0.25) is 5.02 Å². The van der Waals surface area contributed by atoms with E-state index in [1.54, 1.807) is 23.9 Å². The summed E-state index contributed by atoms with van der Waals surface area (Å²) in [6.45, 7) is 6.93. The second-order valence-corrected chi connectivity index (χ2v) is 6.94. The van der Waals surface area contributed by atoms with Gasteiger partial charge in [-0.15, -0.1) is 0 Å². The highest BCUT2D eigenvalue weighted by Crippen LogP contribution is 2.26. The normalized spacial score (nSPS) is 12.0. The standard InChI is InChI=1S/C14H16ClN5S/c1-14(2,3)20-13-10(5-19-20)12(17-8-18-13)16-4-9-6-21-7-11(9)15/h5-8H,4H2,1-3H3,(H,16,17,18). The smallest absolute Gasteiger partial charge is 0.163 e. The van der Waals surface area contributed by atoms with Crippen molar-refractivity contribution in [2.75, 3.05) is 5.32 Å². The van der Waals surface area contributed by atoms with E-state index in [2.05, 4.69) is 41.2 Å². The SMILES string of the molecule is CC(C)(C)n1ncc2c(NCc3cscc3Cl)ncnc21. The number of nitrogens with zero attached hydrogens (tertiary/aromatic N) is 4. The molecular formula is C14H16ClN5S. The van der Waals surface area contributed by atoms with Gasteiger partial charge in [0.25, 0.3) is 0 Å². The number of anilines is 1. The average molecular weight is 322 g/mol. The Hall–Kier alpha value is -1.66. The Kier molecular flexibility index (Phi) is 3.59. The molecule has 0 aliphatic heterocycles. The second-order valence-electron chi connectivity index (χ2n) is 5.79. The minimum atomic E-state index is -0.121. The highest BCUT2D eigenvalue weighted by Gasteiger charge is 2.19. The monoisotopic (exact) mass is 321 g/mol. The molecule has 0 fully saturated rings. The summed E-state index contributed by atoms with van der Waals surface area (Å²) in [7, 11) is 0. The molecule has 0 aliphatic rings. The summed E-state index contributed by atoms with van der Waals surface area (Å²) in [5.41, 5.74) is 1.78. The van der Waals surface area contributed by atoms with Crippen LogP contribution in [0.1, 0.15) is 26.3 Å². The zero-order valence-electron chi connectivity index (χ0n) is 12.1. The molecule has 0 aromatic carbocycles. The van der Waals surface area contributed by atoms with Gasteiger partial charge < -0.3 is 5.32 Å². The van der Waals surface area contributed by atoms with Gasteiger partial charge in [0.1, 0.15) is 12.1 Å². The Labute approximate surface area is 132 Å². The van der Waals surface area contributed by atoms with Crippen molar-refractivity contribution >= 4 is 39.8 Å². The van der Waals surface area contributed by atoms with Crippen LogP contribution in [0.5, 0.6) is 0 Å². The van der Waals surface area contributed by atoms with Gasteiger partial charge in [-0.2, -0.15) is 16.4 Å². The van der Waals surface area contributed by atoms with Crippen LogP contribution in [0.15, 0.2) is 23.3 Å². The topological polar surface area (TPSA) is 55.6 Å². The molecule has 0 radical (unpaired) electrons. The van der Waals surface area contributed by atoms with Gasteiger partial charge in [0, 0.05) is 17.5 Å². The van der Waals surface area contributed by atoms with Crippen molar-refractivity contribution in [3.05, 3.63) is 33.9 Å². The van der Waals surface area contributed by atoms with Crippen LogP contribution in [0, 0.1) is 0 Å². The molecule has 0 unspecified atom stereocenters. The summed E-state index contributed by atoms with van der Waals surface area (Å²) < 4.78 is 1.91. The third-order valence-corrected chi connectivity index (χ3v) is 4.41. The summed E-state index contributed by atoms with van der Waals surface area (Å²) in [6.07, 6.45) is 3.36. The molecule has 0 aliphatic carbocycles. The van der Waals surface area contributed by atoms with Crippen molar-refractivity contribution in [2.45, 2.75) is 32.9 Å². The third-order valence-electron chi connectivity index (χ3n) is 3.14. The Bertz CT molecular complexity index is 771. The fraction of sp³-hybridized carbons (Fsp3) is 0.357. The van der Waals surface area contributed by atoms with Gasteiger partial charge in [0.05, 0.1) is 22.1 Å². The van der Waals surface area contributed by atoms with Gasteiger partial charge in [-0.05, 0) is 26.2 Å². The summed E-state index contributed by atoms with van der Waals surface area (Å²) in [4.78, 5) is 8.67. The van der Waals surface area contributed by atoms with Gasteiger partial charge >= 0.3 is 0 Å². The van der Waals surface area contributed by atoms with Crippen molar-refractivity contribution in [2.24, 2.45) is 0 Å². The molecule has 3 rings (SSSR count). The van der Waals surface area contributed by atoms with E-state index in [0.29, 0.717) is 6.54 Å². The molecule has 0 amide bonds. The minimum Gasteiger partial charge on any atom is -0.365 e. The molecule has 0 saturated heterocycles. The van der Waals surface area contributed by atoms with E-state index in [1.807, 2.05) is 15.4 Å². The van der Waals surface area contributed by atoms with Crippen LogP contribution in [0.3, 0.4) is 0 Å². The first-order valence-corrected chi connectivity index (χ1v) is 7.92. The zero-order chi connectivity index (χ0) is 15.0. The number of thiophene rings is 1. The van der Waals surface area contributed by atoms with Crippen molar-refractivity contribution < 1.29 is 0 Å². The molecule has 3 aromatic heterocycles. The third kappa shape index (κ3) is 2.73. The van der Waals surface area contributed by atoms with Crippen LogP contribution in [-0.2, 0) is 12.1 Å². The Morgan fingerprint density at radius 2 is 2.10 bits per heavy atom. The summed E-state index contributed by atoms with van der Waals surface area (Å²) in [5, 5.41) is 13.4. The van der Waals surface area contributed by atoms with Crippen molar-refractivity contribution in [1.82, 2.24) is 19.7 Å². The van der Waals surface area contributed by atoms with Crippen LogP contribution in [0.4, 0.5) is 5.82 Å². The maximum absolute atomic E-state index is 6.11. The first-order chi connectivity index (χ1) is 9.97. The first kappa shape index (κ1) is 14.3. The van der Waals surface area contributed by atoms with Gasteiger partial charge in [0.2, 0.25) is 0 Å². The van der Waals surface area contributed by atoms with Crippen LogP contribution in [0.25, 0.3) is 11.0 Å². The van der Waals surface area contributed by atoms with Crippen LogP contribution < -0.4 is 5.32 Å². The maximum atomic E-state index is 6.11. The second kappa shape index (κ2) is 5.27. The number of hydrogen-bond acceptors (Lipinski definition) is 5. The Morgan fingerprint density at radius 3 is 2.76 bits per heavy atom. The van der Waals surface area contributed by atoms with E-state index in [1.165, 1.54) is 0 Å². The zero-order valence-corrected chi connectivity index (χ0v) is 13.7. The van der Waals surface area contributed by atoms with Crippen molar-refractivity contribution in [1.29, 1.82) is 0 Å². The number of fused-ring (bicyclic) bond motifs is 1. The number of halogens is 1. The quantitative estimate of drug-likeness (QED) is 0.794. The fourth-order valence-corrected chi connectivity index (χ4v) is 3.14. The minimum absolute atomic E-state index is 0.121. The largest absolute Gasteiger partial charge is 0.365 e. The van der Waals surface area contributed by atoms with Crippen LogP contribution >= 0.6 is 22.9 Å². The molecule has 110 valence electrons. The van der Waals surface area contributed by atoms with Gasteiger partial charge in [-0.1, -0.05) is 11.6 Å². The molecule has 3 heterocycles. The molecular weight excluding hydrogens is 306 g/mol. The lowest BCUT2D eigenvalue weighted by molar-refractivity contribution is 0.366. The molecule has 1 N–H and O–H groups in total. The molecule has 0 atom stereocenters. The Balaban J connectivity index is 1.93. The first-order valence-electron chi connectivity index (χ1n) is 6.60. The highest BCUT2D eigenvalue weighted by atomic mass is 35.5. The van der Waals surface area contributed by atoms with E-state index in [0.717, 1.165) is 27.4 Å². The van der Waals surface area contributed by atoms with Crippen molar-refractivity contribution in [3.8, 4) is 0 Å². The summed E-state index contributed by atoms with van der Waals surface area (Å²) in [6, 6.07) is 0.